The van der Waals surface area contributed by atoms with E-state index in [0.29, 0.717) is 0 Å². The second-order valence-corrected chi connectivity index (χ2v) is 5.29. The van der Waals surface area contributed by atoms with Crippen molar-refractivity contribution < 1.29 is 24.5 Å². The Kier molecular flexibility index (Phi) is 3.79. The van der Waals surface area contributed by atoms with Crippen LogP contribution in [0, 0.1) is 40.5 Å². The van der Waals surface area contributed by atoms with Crippen LogP contribution in [0.15, 0.2) is 30.0 Å². The molecule has 2 aromatic rings. The number of para-hydroxylation sites is 1. The van der Waals surface area contributed by atoms with Crippen molar-refractivity contribution in [3.63, 3.8) is 0 Å². The van der Waals surface area contributed by atoms with Crippen LogP contribution >= 0.6 is 0 Å². The van der Waals surface area contributed by atoms with Crippen LogP contribution in [0.4, 0.5) is 5.69 Å². The molecule has 0 amide bonds. The third-order valence-electron chi connectivity index (χ3n) is 3.85. The van der Waals surface area contributed by atoms with Gasteiger partial charge in [0.05, 0.1) is 20.3 Å². The van der Waals surface area contributed by atoms with Crippen molar-refractivity contribution in [1.29, 1.82) is 0 Å². The number of pyridine rings is 1. The SMILES string of the molecule is O=C1c2cc3cccc([N+](=O)[O-])c3nc2C([N+](=O)[O-])=C([N+](=O)[O-])C1[N+](=O)[O-]. The van der Waals surface area contributed by atoms with E-state index in [4.69, 9.17) is 0 Å². The quantitative estimate of drug-likeness (QED) is 0.551. The van der Waals surface area contributed by atoms with Crippen LogP contribution in [-0.4, -0.2) is 36.5 Å². The molecule has 0 aliphatic heterocycles. The van der Waals surface area contributed by atoms with E-state index >= 15 is 0 Å². The summed E-state index contributed by atoms with van der Waals surface area (Å²) in [6.07, 6.45) is 0. The maximum Gasteiger partial charge on any atom is 0.406 e. The number of ketones is 1. The molecule has 0 N–H and O–H groups in total. The monoisotopic (exact) mass is 375 g/mol. The molecule has 0 saturated carbocycles. The minimum atomic E-state index is -2.59. The molecule has 0 radical (unpaired) electrons. The fraction of sp³-hybridized carbons (Fsp3) is 0.0769. The van der Waals surface area contributed by atoms with Gasteiger partial charge in [0.2, 0.25) is 5.78 Å². The number of nitro benzene ring substituents is 1. The minimum Gasteiger partial charge on any atom is -0.286 e. The van der Waals surface area contributed by atoms with Crippen molar-refractivity contribution in [2.75, 3.05) is 0 Å². The van der Waals surface area contributed by atoms with Crippen LogP contribution in [0.2, 0.25) is 0 Å². The number of hydrogen-bond donors (Lipinski definition) is 0. The van der Waals surface area contributed by atoms with E-state index in [-0.39, 0.29) is 10.9 Å². The van der Waals surface area contributed by atoms with Gasteiger partial charge < -0.3 is 0 Å². The molecule has 0 fully saturated rings. The van der Waals surface area contributed by atoms with Gasteiger partial charge in [-0.25, -0.2) is 4.98 Å². The third-order valence-corrected chi connectivity index (χ3v) is 3.85. The predicted molar refractivity (Wildman–Crippen MR) is 84.4 cm³/mol. The van der Waals surface area contributed by atoms with Gasteiger partial charge in [-0.15, -0.1) is 0 Å². The minimum absolute atomic E-state index is 0.0191. The number of rotatable bonds is 4. The number of carbonyl (C=O) groups excluding carboxylic acids is 1. The number of nitro groups is 4. The molecule has 0 bridgehead atoms. The Morgan fingerprint density at radius 2 is 1.59 bits per heavy atom. The normalized spacial score (nSPS) is 16.1. The molecule has 14 nitrogen and oxygen atoms in total. The van der Waals surface area contributed by atoms with Gasteiger partial charge in [0.25, 0.3) is 5.69 Å². The van der Waals surface area contributed by atoms with E-state index < -0.39 is 59.9 Å². The Bertz CT molecular complexity index is 1120. The van der Waals surface area contributed by atoms with Gasteiger partial charge in [-0.2, -0.15) is 0 Å². The molecule has 1 unspecified atom stereocenters. The lowest BCUT2D eigenvalue weighted by molar-refractivity contribution is -0.544. The van der Waals surface area contributed by atoms with Crippen molar-refractivity contribution in [2.45, 2.75) is 6.04 Å². The summed E-state index contributed by atoms with van der Waals surface area (Å²) < 4.78 is 0. The zero-order chi connectivity index (χ0) is 20.0. The molecule has 3 rings (SSSR count). The lowest BCUT2D eigenvalue weighted by Gasteiger charge is -2.15. The summed E-state index contributed by atoms with van der Waals surface area (Å²) in [5.74, 6) is -1.37. The summed E-state index contributed by atoms with van der Waals surface area (Å²) in [5.41, 5.74) is -5.22. The zero-order valence-corrected chi connectivity index (χ0v) is 12.8. The Balaban J connectivity index is 2.50. The van der Waals surface area contributed by atoms with Gasteiger partial charge >= 0.3 is 17.4 Å². The first kappa shape index (κ1) is 17.5. The van der Waals surface area contributed by atoms with Crippen molar-refractivity contribution in [3.05, 3.63) is 81.7 Å². The number of benzene rings is 1. The van der Waals surface area contributed by atoms with E-state index in [0.717, 1.165) is 12.1 Å². The summed E-state index contributed by atoms with van der Waals surface area (Å²) in [5, 5.41) is 45.0. The summed E-state index contributed by atoms with van der Waals surface area (Å²) in [6, 6.07) is 1.99. The summed E-state index contributed by atoms with van der Waals surface area (Å²) in [6.45, 7) is 0. The van der Waals surface area contributed by atoms with Gasteiger partial charge in [-0.1, -0.05) is 12.1 Å². The first-order chi connectivity index (χ1) is 12.6. The van der Waals surface area contributed by atoms with Crippen LogP contribution in [0.5, 0.6) is 0 Å². The van der Waals surface area contributed by atoms with Gasteiger partial charge in [0.15, 0.2) is 5.69 Å². The fourth-order valence-corrected chi connectivity index (χ4v) is 2.78. The van der Waals surface area contributed by atoms with Crippen LogP contribution in [-0.2, 0) is 0 Å². The van der Waals surface area contributed by atoms with Crippen LogP contribution < -0.4 is 0 Å². The molecule has 136 valence electrons. The van der Waals surface area contributed by atoms with Gasteiger partial charge in [0.1, 0.15) is 5.52 Å². The van der Waals surface area contributed by atoms with Crippen molar-refractivity contribution in [3.8, 4) is 0 Å². The Hall–Kier alpha value is -4.36. The Morgan fingerprint density at radius 1 is 0.926 bits per heavy atom. The average molecular weight is 375 g/mol. The highest BCUT2D eigenvalue weighted by atomic mass is 16.7. The Labute approximate surface area is 146 Å². The molecular weight excluding hydrogens is 370 g/mol. The highest BCUT2D eigenvalue weighted by Gasteiger charge is 2.56. The lowest BCUT2D eigenvalue weighted by Crippen LogP contribution is -2.40. The maximum absolute atomic E-state index is 12.4. The number of non-ortho nitro benzene ring substituents is 1. The zero-order valence-electron chi connectivity index (χ0n) is 12.8. The van der Waals surface area contributed by atoms with E-state index in [1.165, 1.54) is 12.1 Å². The number of hydrogen-bond acceptors (Lipinski definition) is 10. The Morgan fingerprint density at radius 3 is 2.11 bits per heavy atom. The average Bonchev–Trinajstić information content (AvgIpc) is 2.58. The molecule has 1 atom stereocenters. The highest BCUT2D eigenvalue weighted by molar-refractivity contribution is 6.09. The van der Waals surface area contributed by atoms with E-state index in [9.17, 15) is 45.3 Å². The number of carbonyl (C=O) groups is 1. The molecule has 1 aliphatic rings. The van der Waals surface area contributed by atoms with Gasteiger partial charge in [-0.05, 0) is 6.07 Å². The maximum atomic E-state index is 12.4. The number of nitrogens with zero attached hydrogens (tertiary/aromatic N) is 5. The second-order valence-electron chi connectivity index (χ2n) is 5.29. The molecule has 1 aromatic heterocycles. The topological polar surface area (TPSA) is 203 Å². The number of fused-ring (bicyclic) bond motifs is 2. The van der Waals surface area contributed by atoms with Crippen LogP contribution in [0.25, 0.3) is 16.6 Å². The first-order valence-electron chi connectivity index (χ1n) is 6.94. The summed E-state index contributed by atoms with van der Waals surface area (Å²) in [4.78, 5) is 56.3. The van der Waals surface area contributed by atoms with Crippen molar-refractivity contribution >= 4 is 28.1 Å². The predicted octanol–water partition coefficient (Wildman–Crippen LogP) is 1.21. The molecule has 1 aliphatic carbocycles. The number of aromatic nitrogens is 1. The van der Waals surface area contributed by atoms with E-state index in [2.05, 4.69) is 4.98 Å². The second kappa shape index (κ2) is 5.87. The lowest BCUT2D eigenvalue weighted by atomic mass is 9.90. The smallest absolute Gasteiger partial charge is 0.286 e. The molecule has 0 spiro atoms. The molecule has 0 saturated heterocycles. The fourth-order valence-electron chi connectivity index (χ4n) is 2.78. The molecule has 1 heterocycles. The standard InChI is InChI=1S/C13H5N5O9/c19-13-6-4-5-2-1-3-7(15(20)21)8(5)14-9(6)10(16(22)23)11(17(24)25)12(13)18(26)27/h1-4,12H. The van der Waals surface area contributed by atoms with Crippen LogP contribution in [0.3, 0.4) is 0 Å². The van der Waals surface area contributed by atoms with Gasteiger partial charge in [-0.3, -0.25) is 45.3 Å². The molecular formula is C13H5N5O9. The van der Waals surface area contributed by atoms with Gasteiger partial charge in [0, 0.05) is 16.4 Å². The van der Waals surface area contributed by atoms with Crippen molar-refractivity contribution in [2.24, 2.45) is 0 Å². The summed E-state index contributed by atoms with van der Waals surface area (Å²) >= 11 is 0. The highest BCUT2D eigenvalue weighted by Crippen LogP contribution is 2.35. The van der Waals surface area contributed by atoms with Crippen LogP contribution in [0.1, 0.15) is 16.1 Å². The first-order valence-corrected chi connectivity index (χ1v) is 6.94. The largest absolute Gasteiger partial charge is 0.406 e. The summed E-state index contributed by atoms with van der Waals surface area (Å²) in [7, 11) is 0. The number of Topliss-reactive ketones (excluding diaryl/α,β-unsaturated/α-hetero) is 1. The van der Waals surface area contributed by atoms with E-state index in [1.54, 1.807) is 0 Å². The third kappa shape index (κ3) is 2.51. The molecule has 14 heteroatoms. The van der Waals surface area contributed by atoms with E-state index in [1.807, 2.05) is 0 Å². The molecule has 1 aromatic carbocycles. The van der Waals surface area contributed by atoms with Crippen molar-refractivity contribution in [1.82, 2.24) is 4.98 Å². The molecule has 27 heavy (non-hydrogen) atoms.